The molecule has 3 rings (SSSR count). The first-order valence-electron chi connectivity index (χ1n) is 8.64. The third-order valence-electron chi connectivity index (χ3n) is 4.27. The number of para-hydroxylation sites is 1. The lowest BCUT2D eigenvalue weighted by Gasteiger charge is -2.26. The molecule has 0 bridgehead atoms. The van der Waals surface area contributed by atoms with E-state index in [2.05, 4.69) is 5.10 Å². The van der Waals surface area contributed by atoms with Gasteiger partial charge in [-0.05, 0) is 31.6 Å². The summed E-state index contributed by atoms with van der Waals surface area (Å²) < 4.78 is 7.05. The highest BCUT2D eigenvalue weighted by molar-refractivity contribution is 6.31. The van der Waals surface area contributed by atoms with E-state index in [-0.39, 0.29) is 18.4 Å². The lowest BCUT2D eigenvalue weighted by Crippen LogP contribution is -2.46. The molecule has 27 heavy (non-hydrogen) atoms. The van der Waals surface area contributed by atoms with E-state index >= 15 is 0 Å². The van der Waals surface area contributed by atoms with Gasteiger partial charge in [0.15, 0.2) is 6.61 Å². The number of hydrogen-bond donors (Lipinski definition) is 0. The van der Waals surface area contributed by atoms with E-state index in [1.54, 1.807) is 29.9 Å². The fourth-order valence-corrected chi connectivity index (χ4v) is 3.15. The molecule has 0 aliphatic carbocycles. The first-order chi connectivity index (χ1) is 13.0. The quantitative estimate of drug-likeness (QED) is 0.738. The molecule has 1 aliphatic rings. The second kappa shape index (κ2) is 8.26. The van der Waals surface area contributed by atoms with Crippen molar-refractivity contribution in [3.63, 3.8) is 0 Å². The molecule has 0 radical (unpaired) electrons. The molecule has 1 aliphatic heterocycles. The van der Waals surface area contributed by atoms with E-state index in [0.29, 0.717) is 29.6 Å². The van der Waals surface area contributed by atoms with Crippen LogP contribution >= 0.6 is 11.6 Å². The van der Waals surface area contributed by atoms with Crippen molar-refractivity contribution in [1.82, 2.24) is 19.8 Å². The summed E-state index contributed by atoms with van der Waals surface area (Å²) in [4.78, 5) is 25.0. The molecule has 1 aromatic heterocycles. The molecular weight excluding hydrogens is 368 g/mol. The number of amides is 2. The van der Waals surface area contributed by atoms with Crippen LogP contribution in [0.2, 0.25) is 5.15 Å². The van der Waals surface area contributed by atoms with Gasteiger partial charge in [0, 0.05) is 31.8 Å². The summed E-state index contributed by atoms with van der Waals surface area (Å²) in [5.41, 5.74) is 1.43. The Labute approximate surface area is 162 Å². The van der Waals surface area contributed by atoms with Crippen LogP contribution in [0.5, 0.6) is 5.75 Å². The zero-order valence-corrected chi connectivity index (χ0v) is 16.0. The molecule has 1 saturated heterocycles. The number of hydrogen-bond acceptors (Lipinski definition) is 4. The van der Waals surface area contributed by atoms with Crippen molar-refractivity contribution in [2.45, 2.75) is 13.3 Å². The van der Waals surface area contributed by atoms with E-state index in [1.165, 1.54) is 16.1 Å². The Balaban J connectivity index is 1.63. The highest BCUT2D eigenvalue weighted by Crippen LogP contribution is 2.21. The minimum atomic E-state index is -0.278. The molecule has 7 nitrogen and oxygen atoms in total. The van der Waals surface area contributed by atoms with E-state index in [1.807, 2.05) is 25.1 Å². The van der Waals surface area contributed by atoms with Crippen LogP contribution in [0.3, 0.4) is 0 Å². The number of rotatable bonds is 5. The first kappa shape index (κ1) is 19.0. The number of halogens is 1. The molecule has 2 heterocycles. The SMILES string of the molecule is Cc1nn(C)c(Cl)c1C=CC(=O)N1CCCN1C(=O)COc1ccccc1. The predicted molar refractivity (Wildman–Crippen MR) is 102 cm³/mol. The van der Waals surface area contributed by atoms with Gasteiger partial charge in [0.25, 0.3) is 11.8 Å². The number of aryl methyl sites for hydroxylation is 2. The maximum Gasteiger partial charge on any atom is 0.279 e. The van der Waals surface area contributed by atoms with Crippen LogP contribution in [0, 0.1) is 6.92 Å². The van der Waals surface area contributed by atoms with Gasteiger partial charge in [-0.1, -0.05) is 29.8 Å². The Bertz CT molecular complexity index is 863. The van der Waals surface area contributed by atoms with Crippen molar-refractivity contribution in [1.29, 1.82) is 0 Å². The Morgan fingerprint density at radius 2 is 1.93 bits per heavy atom. The maximum absolute atomic E-state index is 12.6. The van der Waals surface area contributed by atoms with Crippen molar-refractivity contribution < 1.29 is 14.3 Å². The van der Waals surface area contributed by atoms with E-state index in [9.17, 15) is 9.59 Å². The third kappa shape index (κ3) is 4.31. The van der Waals surface area contributed by atoms with Crippen LogP contribution in [-0.4, -0.2) is 51.3 Å². The normalized spacial score (nSPS) is 14.2. The summed E-state index contributed by atoms with van der Waals surface area (Å²) in [6.45, 7) is 2.68. The van der Waals surface area contributed by atoms with Gasteiger partial charge in [-0.3, -0.25) is 14.3 Å². The zero-order valence-electron chi connectivity index (χ0n) is 15.3. The average molecular weight is 389 g/mol. The van der Waals surface area contributed by atoms with Crippen LogP contribution in [0.25, 0.3) is 6.08 Å². The predicted octanol–water partition coefficient (Wildman–Crippen LogP) is 2.45. The highest BCUT2D eigenvalue weighted by Gasteiger charge is 2.29. The number of benzene rings is 1. The minimum absolute atomic E-state index is 0.120. The van der Waals surface area contributed by atoms with Crippen molar-refractivity contribution in [3.8, 4) is 5.75 Å². The molecule has 1 fully saturated rings. The first-order valence-corrected chi connectivity index (χ1v) is 9.02. The van der Waals surface area contributed by atoms with Gasteiger partial charge in [-0.2, -0.15) is 5.10 Å². The van der Waals surface area contributed by atoms with Gasteiger partial charge < -0.3 is 4.74 Å². The summed E-state index contributed by atoms with van der Waals surface area (Å²) in [5.74, 6) is 0.0816. The number of nitrogens with zero attached hydrogens (tertiary/aromatic N) is 4. The Morgan fingerprint density at radius 1 is 1.22 bits per heavy atom. The van der Waals surface area contributed by atoms with Crippen LogP contribution in [0.4, 0.5) is 0 Å². The van der Waals surface area contributed by atoms with Gasteiger partial charge in [-0.15, -0.1) is 0 Å². The topological polar surface area (TPSA) is 67.7 Å². The second-order valence-electron chi connectivity index (χ2n) is 6.18. The fraction of sp³-hybridized carbons (Fsp3) is 0.316. The maximum atomic E-state index is 12.6. The van der Waals surface area contributed by atoms with Gasteiger partial charge >= 0.3 is 0 Å². The number of carbonyl (C=O) groups excluding carboxylic acids is 2. The van der Waals surface area contributed by atoms with Gasteiger partial charge in [0.05, 0.1) is 5.69 Å². The number of hydrazine groups is 1. The number of carbonyl (C=O) groups is 2. The average Bonchev–Trinajstić information content (AvgIpc) is 3.24. The molecule has 0 unspecified atom stereocenters. The largest absolute Gasteiger partial charge is 0.484 e. The van der Waals surface area contributed by atoms with Crippen molar-refractivity contribution in [3.05, 3.63) is 52.8 Å². The molecule has 2 amide bonds. The zero-order chi connectivity index (χ0) is 19.4. The van der Waals surface area contributed by atoms with Gasteiger partial charge in [-0.25, -0.2) is 10.0 Å². The molecule has 8 heteroatoms. The molecule has 0 saturated carbocycles. The molecule has 0 N–H and O–H groups in total. The summed E-state index contributed by atoms with van der Waals surface area (Å²) in [6, 6.07) is 9.10. The highest BCUT2D eigenvalue weighted by atomic mass is 35.5. The third-order valence-corrected chi connectivity index (χ3v) is 4.72. The van der Waals surface area contributed by atoms with Gasteiger partial charge in [0.2, 0.25) is 0 Å². The van der Waals surface area contributed by atoms with Crippen LogP contribution < -0.4 is 4.74 Å². The monoisotopic (exact) mass is 388 g/mol. The van der Waals surface area contributed by atoms with Crippen molar-refractivity contribution in [2.24, 2.45) is 7.05 Å². The number of ether oxygens (including phenoxy) is 1. The van der Waals surface area contributed by atoms with E-state index in [4.69, 9.17) is 16.3 Å². The Morgan fingerprint density at radius 3 is 2.59 bits per heavy atom. The van der Waals surface area contributed by atoms with Crippen molar-refractivity contribution in [2.75, 3.05) is 19.7 Å². The molecule has 0 atom stereocenters. The molecule has 1 aromatic carbocycles. The Kier molecular flexibility index (Phi) is 5.81. The van der Waals surface area contributed by atoms with Crippen LogP contribution in [0.15, 0.2) is 36.4 Å². The Hall–Kier alpha value is -2.80. The lowest BCUT2D eigenvalue weighted by molar-refractivity contribution is -0.156. The smallest absolute Gasteiger partial charge is 0.279 e. The lowest BCUT2D eigenvalue weighted by atomic mass is 10.2. The molecule has 142 valence electrons. The molecule has 0 spiro atoms. The summed E-state index contributed by atoms with van der Waals surface area (Å²) in [6.07, 6.45) is 3.78. The number of aromatic nitrogens is 2. The fourth-order valence-electron chi connectivity index (χ4n) is 2.91. The van der Waals surface area contributed by atoms with Crippen LogP contribution in [0.1, 0.15) is 17.7 Å². The standard InChI is InChI=1S/C19H21ClN4O3/c1-14-16(19(20)22(2)21-14)9-10-17(25)23-11-6-12-24(23)18(26)13-27-15-7-4-3-5-8-15/h3-5,7-10H,6,11-13H2,1-2H3. The minimum Gasteiger partial charge on any atom is -0.484 e. The van der Waals surface area contributed by atoms with Gasteiger partial charge in [0.1, 0.15) is 10.9 Å². The van der Waals surface area contributed by atoms with E-state index < -0.39 is 0 Å². The van der Waals surface area contributed by atoms with Crippen LogP contribution in [-0.2, 0) is 16.6 Å². The second-order valence-corrected chi connectivity index (χ2v) is 6.54. The molecular formula is C19H21ClN4O3. The molecule has 2 aromatic rings. The summed E-state index contributed by atoms with van der Waals surface area (Å²) in [7, 11) is 1.74. The summed E-state index contributed by atoms with van der Waals surface area (Å²) in [5, 5.41) is 7.55. The van der Waals surface area contributed by atoms with E-state index in [0.717, 1.165) is 12.1 Å². The van der Waals surface area contributed by atoms with Crippen molar-refractivity contribution >= 4 is 29.5 Å². The summed E-state index contributed by atoms with van der Waals surface area (Å²) >= 11 is 6.18.